The Balaban J connectivity index is 1.35. The Bertz CT molecular complexity index is 739. The van der Waals surface area contributed by atoms with Crippen LogP contribution in [0.3, 0.4) is 0 Å². The molecule has 1 aromatic rings. The third-order valence-electron chi connectivity index (χ3n) is 6.67. The molecule has 1 saturated carbocycles. The Labute approximate surface area is 179 Å². The van der Waals surface area contributed by atoms with E-state index in [-0.39, 0.29) is 29.6 Å². The summed E-state index contributed by atoms with van der Waals surface area (Å²) in [6.07, 6.45) is 6.18. The van der Waals surface area contributed by atoms with Crippen molar-refractivity contribution in [3.05, 3.63) is 35.9 Å². The number of rotatable bonds is 5. The first-order valence-corrected chi connectivity index (χ1v) is 11.5. The second-order valence-corrected chi connectivity index (χ2v) is 9.46. The maximum absolute atomic E-state index is 12.8. The van der Waals surface area contributed by atoms with Gasteiger partial charge in [0.25, 0.3) is 0 Å². The lowest BCUT2D eigenvalue weighted by Crippen LogP contribution is -2.57. The number of nitrogens with one attached hydrogen (secondary N) is 1. The second-order valence-electron chi connectivity index (χ2n) is 9.46. The number of benzene rings is 1. The molecule has 1 spiro atoms. The van der Waals surface area contributed by atoms with E-state index in [1.54, 1.807) is 0 Å². The summed E-state index contributed by atoms with van der Waals surface area (Å²) < 4.78 is 6.30. The Kier molecular flexibility index (Phi) is 6.32. The quantitative estimate of drug-likeness (QED) is 0.805. The fraction of sp³-hybridized carbons (Fsp3) is 0.667. The second kappa shape index (κ2) is 8.96. The molecule has 6 heteroatoms. The Hall–Kier alpha value is -2.08. The third kappa shape index (κ3) is 4.97. The van der Waals surface area contributed by atoms with Gasteiger partial charge in [-0.15, -0.1) is 0 Å². The number of nitrogens with zero attached hydrogens (tertiary/aromatic N) is 2. The van der Waals surface area contributed by atoms with Crippen LogP contribution in [0.25, 0.3) is 0 Å². The normalized spacial score (nSPS) is 23.4. The van der Waals surface area contributed by atoms with E-state index in [1.807, 2.05) is 49.1 Å². The van der Waals surface area contributed by atoms with Crippen LogP contribution in [0.1, 0.15) is 57.9 Å². The lowest BCUT2D eigenvalue weighted by Gasteiger charge is -2.48. The van der Waals surface area contributed by atoms with Gasteiger partial charge in [0.2, 0.25) is 5.91 Å². The van der Waals surface area contributed by atoms with E-state index in [0.29, 0.717) is 19.1 Å². The fourth-order valence-corrected chi connectivity index (χ4v) is 4.94. The van der Waals surface area contributed by atoms with Crippen LogP contribution in [0.5, 0.6) is 0 Å². The van der Waals surface area contributed by atoms with E-state index in [0.717, 1.165) is 57.2 Å². The Morgan fingerprint density at radius 2 is 1.83 bits per heavy atom. The van der Waals surface area contributed by atoms with Gasteiger partial charge in [-0.2, -0.15) is 0 Å². The summed E-state index contributed by atoms with van der Waals surface area (Å²) in [7, 11) is 0. The van der Waals surface area contributed by atoms with Crippen molar-refractivity contribution in [1.82, 2.24) is 15.1 Å². The van der Waals surface area contributed by atoms with Gasteiger partial charge in [0.15, 0.2) is 0 Å². The zero-order chi connectivity index (χ0) is 21.1. The van der Waals surface area contributed by atoms with Crippen LogP contribution in [0.2, 0.25) is 0 Å². The van der Waals surface area contributed by atoms with Gasteiger partial charge in [0.1, 0.15) is 0 Å². The molecule has 0 bridgehead atoms. The molecule has 1 aliphatic carbocycles. The molecule has 2 saturated heterocycles. The Morgan fingerprint density at radius 1 is 1.13 bits per heavy atom. The number of carbonyl (C=O) groups is 2. The summed E-state index contributed by atoms with van der Waals surface area (Å²) in [4.78, 5) is 29.7. The van der Waals surface area contributed by atoms with Crippen LogP contribution in [0, 0.1) is 0 Å². The predicted molar refractivity (Wildman–Crippen MR) is 116 cm³/mol. The van der Waals surface area contributed by atoms with Gasteiger partial charge in [-0.1, -0.05) is 30.3 Å². The number of likely N-dealkylation sites (tertiary alicyclic amines) is 1. The highest BCUT2D eigenvalue weighted by atomic mass is 16.5. The van der Waals surface area contributed by atoms with Gasteiger partial charge >= 0.3 is 6.03 Å². The highest BCUT2D eigenvalue weighted by Gasteiger charge is 2.46. The minimum Gasteiger partial charge on any atom is -0.375 e. The van der Waals surface area contributed by atoms with E-state index in [2.05, 4.69) is 10.2 Å². The SMILES string of the molecule is CC(C)NC(=O)N(C1CC1)C1CCOC2(CCN(C(=O)Cc3ccccc3)CC2)C1. The van der Waals surface area contributed by atoms with Crippen molar-refractivity contribution in [3.63, 3.8) is 0 Å². The number of carbonyl (C=O) groups excluding carboxylic acids is 2. The van der Waals surface area contributed by atoms with Crippen LogP contribution in [-0.2, 0) is 16.0 Å². The van der Waals surface area contributed by atoms with Crippen LogP contribution >= 0.6 is 0 Å². The summed E-state index contributed by atoms with van der Waals surface area (Å²) in [5, 5.41) is 3.09. The molecule has 1 atom stereocenters. The van der Waals surface area contributed by atoms with E-state index >= 15 is 0 Å². The molecule has 6 nitrogen and oxygen atoms in total. The van der Waals surface area contributed by atoms with Crippen molar-refractivity contribution in [2.45, 2.75) is 82.5 Å². The molecule has 1 unspecified atom stereocenters. The molecule has 0 radical (unpaired) electrons. The van der Waals surface area contributed by atoms with Crippen molar-refractivity contribution in [2.24, 2.45) is 0 Å². The van der Waals surface area contributed by atoms with Crippen LogP contribution < -0.4 is 5.32 Å². The number of ether oxygens (including phenoxy) is 1. The van der Waals surface area contributed by atoms with Gasteiger partial charge in [0.05, 0.1) is 12.0 Å². The van der Waals surface area contributed by atoms with Gasteiger partial charge < -0.3 is 19.9 Å². The average Bonchev–Trinajstić information content (AvgIpc) is 3.54. The van der Waals surface area contributed by atoms with E-state index in [9.17, 15) is 9.59 Å². The number of hydrogen-bond acceptors (Lipinski definition) is 3. The molecular weight excluding hydrogens is 378 g/mol. The molecule has 3 aliphatic rings. The van der Waals surface area contributed by atoms with Gasteiger partial charge in [-0.05, 0) is 57.9 Å². The molecule has 164 valence electrons. The largest absolute Gasteiger partial charge is 0.375 e. The molecule has 2 aliphatic heterocycles. The monoisotopic (exact) mass is 413 g/mol. The van der Waals surface area contributed by atoms with Gasteiger partial charge in [0, 0.05) is 37.8 Å². The van der Waals surface area contributed by atoms with Gasteiger partial charge in [-0.3, -0.25) is 4.79 Å². The summed E-state index contributed by atoms with van der Waals surface area (Å²) in [5.41, 5.74) is 0.866. The maximum Gasteiger partial charge on any atom is 0.318 e. The highest BCUT2D eigenvalue weighted by molar-refractivity contribution is 5.79. The molecule has 1 aromatic carbocycles. The van der Waals surface area contributed by atoms with Crippen LogP contribution in [-0.4, -0.2) is 65.2 Å². The first kappa shape index (κ1) is 21.2. The minimum absolute atomic E-state index is 0.0741. The first-order valence-electron chi connectivity index (χ1n) is 11.5. The zero-order valence-corrected chi connectivity index (χ0v) is 18.3. The summed E-state index contributed by atoms with van der Waals surface area (Å²) >= 11 is 0. The standard InChI is InChI=1S/C24H35N3O3/c1-18(2)25-23(29)27(20-8-9-20)21-10-15-30-24(17-21)11-13-26(14-12-24)22(28)16-19-6-4-3-5-7-19/h3-7,18,20-21H,8-17H2,1-2H3,(H,25,29). The fourth-order valence-electron chi connectivity index (χ4n) is 4.94. The maximum atomic E-state index is 12.8. The molecule has 0 aromatic heterocycles. The number of amides is 3. The van der Waals surface area contributed by atoms with Crippen molar-refractivity contribution in [1.29, 1.82) is 0 Å². The van der Waals surface area contributed by atoms with E-state index in [4.69, 9.17) is 4.74 Å². The zero-order valence-electron chi connectivity index (χ0n) is 18.3. The first-order chi connectivity index (χ1) is 14.5. The number of urea groups is 1. The third-order valence-corrected chi connectivity index (χ3v) is 6.67. The molecule has 3 amide bonds. The molecule has 4 rings (SSSR count). The van der Waals surface area contributed by atoms with Crippen molar-refractivity contribution < 1.29 is 14.3 Å². The van der Waals surface area contributed by atoms with Crippen molar-refractivity contribution in [2.75, 3.05) is 19.7 Å². The molecule has 30 heavy (non-hydrogen) atoms. The predicted octanol–water partition coefficient (Wildman–Crippen LogP) is 3.35. The molecular formula is C24H35N3O3. The smallest absolute Gasteiger partial charge is 0.318 e. The highest BCUT2D eigenvalue weighted by Crippen LogP contribution is 2.40. The van der Waals surface area contributed by atoms with Crippen LogP contribution in [0.15, 0.2) is 30.3 Å². The summed E-state index contributed by atoms with van der Waals surface area (Å²) in [6, 6.07) is 10.8. The lowest BCUT2D eigenvalue weighted by molar-refractivity contribution is -0.147. The summed E-state index contributed by atoms with van der Waals surface area (Å²) in [6.45, 7) is 6.19. The molecule has 1 N–H and O–H groups in total. The van der Waals surface area contributed by atoms with E-state index in [1.165, 1.54) is 0 Å². The molecule has 3 fully saturated rings. The average molecular weight is 414 g/mol. The molecule has 2 heterocycles. The Morgan fingerprint density at radius 3 is 2.47 bits per heavy atom. The van der Waals surface area contributed by atoms with E-state index < -0.39 is 0 Å². The van der Waals surface area contributed by atoms with Crippen molar-refractivity contribution >= 4 is 11.9 Å². The number of piperidine rings is 1. The van der Waals surface area contributed by atoms with Crippen LogP contribution in [0.4, 0.5) is 4.79 Å². The lowest BCUT2D eigenvalue weighted by atomic mass is 9.81. The summed E-state index contributed by atoms with van der Waals surface area (Å²) in [5.74, 6) is 0.194. The van der Waals surface area contributed by atoms with Gasteiger partial charge in [-0.25, -0.2) is 4.79 Å². The minimum atomic E-state index is -0.197. The number of hydrogen-bond donors (Lipinski definition) is 1. The topological polar surface area (TPSA) is 61.9 Å². The van der Waals surface area contributed by atoms with Crippen molar-refractivity contribution in [3.8, 4) is 0 Å².